The number of hydrogen-bond donors (Lipinski definition) is 3. The molecular formula is C33H26F4N4O8S. The maximum Gasteiger partial charge on any atom is 0.316 e. The summed E-state index contributed by atoms with van der Waals surface area (Å²) in [5.41, 5.74) is 0.796. The highest BCUT2D eigenvalue weighted by atomic mass is 32.2. The SMILES string of the molecule is CS(=O)(=O)NC(=O)CC(NC(=O)C1CN(C(=O)C(=O)Nc2cccc3ccccc23)c2ccccc21)C(=O)COc1c(F)c(F)cc(F)c1F. The number of anilines is 2. The second-order valence-electron chi connectivity index (χ2n) is 11.1. The number of ketones is 1. The van der Waals surface area contributed by atoms with Gasteiger partial charge in [-0.1, -0.05) is 54.6 Å². The Morgan fingerprint density at radius 2 is 1.54 bits per heavy atom. The number of carbonyl (C=O) groups is 5. The molecule has 2 atom stereocenters. The van der Waals surface area contributed by atoms with E-state index in [1.165, 1.54) is 12.1 Å². The zero-order valence-corrected chi connectivity index (χ0v) is 26.7. The van der Waals surface area contributed by atoms with Crippen molar-refractivity contribution in [3.63, 3.8) is 0 Å². The van der Waals surface area contributed by atoms with E-state index in [4.69, 9.17) is 4.74 Å². The molecule has 4 aromatic carbocycles. The lowest BCUT2D eigenvalue weighted by atomic mass is 9.99. The van der Waals surface area contributed by atoms with Crippen molar-refractivity contribution in [3.05, 3.63) is 102 Å². The Morgan fingerprint density at radius 1 is 0.900 bits per heavy atom. The van der Waals surface area contributed by atoms with Gasteiger partial charge in [0.25, 0.3) is 0 Å². The molecule has 5 rings (SSSR count). The number of nitrogens with one attached hydrogen (secondary N) is 3. The molecule has 0 spiro atoms. The van der Waals surface area contributed by atoms with Crippen molar-refractivity contribution >= 4 is 61.6 Å². The molecule has 0 saturated heterocycles. The maximum absolute atomic E-state index is 14.1. The normalized spacial score (nSPS) is 14.4. The van der Waals surface area contributed by atoms with Gasteiger partial charge in [-0.25, -0.2) is 17.2 Å². The minimum absolute atomic E-state index is 0.0847. The van der Waals surface area contributed by atoms with Crippen LogP contribution in [0.15, 0.2) is 72.8 Å². The number of carbonyl (C=O) groups excluding carboxylic acids is 5. The van der Waals surface area contributed by atoms with E-state index in [1.807, 2.05) is 12.1 Å². The van der Waals surface area contributed by atoms with Gasteiger partial charge in [-0.3, -0.25) is 28.7 Å². The van der Waals surface area contributed by atoms with Crippen molar-refractivity contribution in [2.24, 2.45) is 0 Å². The van der Waals surface area contributed by atoms with Crippen LogP contribution in [0, 0.1) is 23.3 Å². The van der Waals surface area contributed by atoms with Gasteiger partial charge < -0.3 is 20.3 Å². The summed E-state index contributed by atoms with van der Waals surface area (Å²) in [5, 5.41) is 6.31. The Hall–Kier alpha value is -5.84. The van der Waals surface area contributed by atoms with Crippen LogP contribution in [0.3, 0.4) is 0 Å². The molecule has 0 bridgehead atoms. The Balaban J connectivity index is 1.35. The Morgan fingerprint density at radius 3 is 2.24 bits per heavy atom. The number of ether oxygens (including phenoxy) is 1. The summed E-state index contributed by atoms with van der Waals surface area (Å²) >= 11 is 0. The molecule has 0 saturated carbocycles. The van der Waals surface area contributed by atoms with Crippen LogP contribution in [0.5, 0.6) is 5.75 Å². The second-order valence-corrected chi connectivity index (χ2v) is 12.9. The fourth-order valence-corrected chi connectivity index (χ4v) is 5.83. The van der Waals surface area contributed by atoms with Gasteiger partial charge in [0.05, 0.1) is 24.6 Å². The summed E-state index contributed by atoms with van der Waals surface area (Å²) < 4.78 is 85.0. The lowest BCUT2D eigenvalue weighted by Crippen LogP contribution is -2.48. The summed E-state index contributed by atoms with van der Waals surface area (Å²) in [7, 11) is -4.13. The highest BCUT2D eigenvalue weighted by molar-refractivity contribution is 7.89. The highest BCUT2D eigenvalue weighted by Gasteiger charge is 2.40. The number of Topliss-reactive ketones (excluding diaryl/α,β-unsaturated/α-hetero) is 1. The zero-order chi connectivity index (χ0) is 36.3. The van der Waals surface area contributed by atoms with E-state index < -0.39 is 100.0 Å². The van der Waals surface area contributed by atoms with Gasteiger partial charge in [-0.2, -0.15) is 8.78 Å². The number of fused-ring (bicyclic) bond motifs is 2. The second kappa shape index (κ2) is 14.3. The number of amides is 4. The van der Waals surface area contributed by atoms with Gasteiger partial charge in [0.15, 0.2) is 23.2 Å². The molecule has 3 N–H and O–H groups in total. The average molecular weight is 715 g/mol. The van der Waals surface area contributed by atoms with E-state index in [-0.39, 0.29) is 17.3 Å². The van der Waals surface area contributed by atoms with Crippen molar-refractivity contribution in [3.8, 4) is 5.75 Å². The molecule has 50 heavy (non-hydrogen) atoms. The molecule has 17 heteroatoms. The first-order valence-corrected chi connectivity index (χ1v) is 16.5. The van der Waals surface area contributed by atoms with Crippen LogP contribution >= 0.6 is 0 Å². The van der Waals surface area contributed by atoms with Gasteiger partial charge in [-0.05, 0) is 23.1 Å². The van der Waals surface area contributed by atoms with E-state index in [1.54, 1.807) is 47.2 Å². The maximum atomic E-state index is 14.1. The first kappa shape index (κ1) is 35.5. The van der Waals surface area contributed by atoms with Crippen molar-refractivity contribution in [2.45, 2.75) is 18.4 Å². The number of benzene rings is 4. The minimum atomic E-state index is -4.13. The quantitative estimate of drug-likeness (QED) is 0.128. The predicted molar refractivity (Wildman–Crippen MR) is 170 cm³/mol. The van der Waals surface area contributed by atoms with Crippen molar-refractivity contribution in [1.29, 1.82) is 0 Å². The fraction of sp³-hybridized carbons (Fsp3) is 0.182. The van der Waals surface area contributed by atoms with Crippen LogP contribution in [-0.4, -0.2) is 63.3 Å². The molecule has 0 radical (unpaired) electrons. The van der Waals surface area contributed by atoms with E-state index in [0.717, 1.165) is 10.3 Å². The third-order valence-electron chi connectivity index (χ3n) is 7.59. The van der Waals surface area contributed by atoms with Gasteiger partial charge in [0.1, 0.15) is 6.61 Å². The van der Waals surface area contributed by atoms with Crippen molar-refractivity contribution in [2.75, 3.05) is 29.6 Å². The number of hydrogen-bond acceptors (Lipinski definition) is 8. The zero-order valence-electron chi connectivity index (χ0n) is 25.8. The Kier molecular flexibility index (Phi) is 10.2. The third kappa shape index (κ3) is 7.72. The summed E-state index contributed by atoms with van der Waals surface area (Å²) in [6, 6.07) is 16.3. The van der Waals surface area contributed by atoms with Gasteiger partial charge in [0.2, 0.25) is 33.5 Å². The van der Waals surface area contributed by atoms with Gasteiger partial charge in [0, 0.05) is 29.4 Å². The van der Waals surface area contributed by atoms with Gasteiger partial charge in [-0.15, -0.1) is 0 Å². The van der Waals surface area contributed by atoms with Crippen LogP contribution in [0.4, 0.5) is 28.9 Å². The smallest absolute Gasteiger partial charge is 0.316 e. The monoisotopic (exact) mass is 714 g/mol. The number of nitrogens with zero attached hydrogens (tertiary/aromatic N) is 1. The molecule has 260 valence electrons. The first-order valence-electron chi connectivity index (χ1n) is 14.6. The summed E-state index contributed by atoms with van der Waals surface area (Å²) in [6.45, 7) is -1.73. The largest absolute Gasteiger partial charge is 0.479 e. The molecule has 0 aliphatic carbocycles. The van der Waals surface area contributed by atoms with Crippen LogP contribution in [0.1, 0.15) is 17.9 Å². The van der Waals surface area contributed by atoms with E-state index >= 15 is 0 Å². The van der Waals surface area contributed by atoms with E-state index in [0.29, 0.717) is 17.3 Å². The van der Waals surface area contributed by atoms with Crippen LogP contribution in [0.2, 0.25) is 0 Å². The first-order chi connectivity index (χ1) is 23.6. The lowest BCUT2D eigenvalue weighted by Gasteiger charge is -2.21. The molecule has 4 aromatic rings. The van der Waals surface area contributed by atoms with E-state index in [2.05, 4.69) is 10.6 Å². The van der Waals surface area contributed by atoms with Crippen molar-refractivity contribution in [1.82, 2.24) is 10.0 Å². The van der Waals surface area contributed by atoms with Crippen molar-refractivity contribution < 1.29 is 54.7 Å². The van der Waals surface area contributed by atoms with Gasteiger partial charge >= 0.3 is 11.8 Å². The molecule has 2 unspecified atom stereocenters. The minimum Gasteiger partial charge on any atom is -0.479 e. The predicted octanol–water partition coefficient (Wildman–Crippen LogP) is 3.06. The topological polar surface area (TPSA) is 168 Å². The Bertz CT molecular complexity index is 2130. The number of rotatable bonds is 10. The number of halogens is 4. The van der Waals surface area contributed by atoms with Crippen LogP contribution in [-0.2, 0) is 34.0 Å². The Labute approximate surface area is 281 Å². The van der Waals surface area contributed by atoms with Crippen LogP contribution in [0.25, 0.3) is 10.8 Å². The molecular weight excluding hydrogens is 688 g/mol. The summed E-state index contributed by atoms with van der Waals surface area (Å²) in [4.78, 5) is 66.8. The summed E-state index contributed by atoms with van der Waals surface area (Å²) in [6.07, 6.45) is -0.376. The van der Waals surface area contributed by atoms with E-state index in [9.17, 15) is 50.0 Å². The molecule has 1 aliphatic rings. The lowest BCUT2D eigenvalue weighted by molar-refractivity contribution is -0.134. The summed E-state index contributed by atoms with van der Waals surface area (Å²) in [5.74, 6) is -15.9. The third-order valence-corrected chi connectivity index (χ3v) is 8.18. The molecule has 4 amide bonds. The van der Waals surface area contributed by atoms with Crippen LogP contribution < -0.4 is 25.0 Å². The molecule has 0 fully saturated rings. The number of para-hydroxylation sites is 1. The molecule has 1 heterocycles. The highest BCUT2D eigenvalue weighted by Crippen LogP contribution is 2.37. The number of sulfonamides is 1. The molecule has 0 aromatic heterocycles. The average Bonchev–Trinajstić information content (AvgIpc) is 3.46. The molecule has 1 aliphatic heterocycles. The molecule has 12 nitrogen and oxygen atoms in total. The standard InChI is InChI=1S/C33H26F4N4O8S/c1-50(47,48)40-27(43)14-24(26(42)16-49-30-28(36)21(34)13-22(35)29(30)37)39-31(44)20-15-41(25-12-5-4-10-19(20)25)33(46)32(45)38-23-11-6-8-17-7-2-3-9-18(17)23/h2-13,20,24H,14-16H2,1H3,(H,38,45)(H,39,44)(H,40,43). The fourth-order valence-electron chi connectivity index (χ4n) is 5.33.